The minimum Gasteiger partial charge on any atom is -0.493 e. The van der Waals surface area contributed by atoms with E-state index in [0.29, 0.717) is 40.4 Å². The van der Waals surface area contributed by atoms with E-state index >= 15 is 0 Å². The lowest BCUT2D eigenvalue weighted by Gasteiger charge is -2.14. The topological polar surface area (TPSA) is 57.9 Å². The Hall–Kier alpha value is -3.25. The maximum atomic E-state index is 12.9. The molecule has 0 fully saturated rings. The number of fused-ring (bicyclic) bond motifs is 1. The first kappa shape index (κ1) is 20.0. The van der Waals surface area contributed by atoms with Gasteiger partial charge in [0.1, 0.15) is 12.2 Å². The van der Waals surface area contributed by atoms with Gasteiger partial charge in [0.25, 0.3) is 0 Å². The third-order valence-corrected chi connectivity index (χ3v) is 5.17. The molecule has 3 aromatic carbocycles. The number of methoxy groups -OCH3 is 2. The molecular formula is C24H19BrO5. The van der Waals surface area contributed by atoms with E-state index in [9.17, 15) is 4.79 Å². The molecule has 0 atom stereocenters. The molecule has 0 bridgehead atoms. The van der Waals surface area contributed by atoms with Gasteiger partial charge >= 0.3 is 0 Å². The van der Waals surface area contributed by atoms with E-state index in [1.165, 1.54) is 7.11 Å². The first-order valence-corrected chi connectivity index (χ1v) is 10.1. The van der Waals surface area contributed by atoms with Crippen molar-refractivity contribution >= 4 is 26.9 Å². The van der Waals surface area contributed by atoms with Gasteiger partial charge in [0.05, 0.1) is 19.6 Å². The number of hydrogen-bond donors (Lipinski definition) is 0. The molecule has 0 unspecified atom stereocenters. The van der Waals surface area contributed by atoms with Crippen molar-refractivity contribution in [1.29, 1.82) is 0 Å². The van der Waals surface area contributed by atoms with Gasteiger partial charge in [0, 0.05) is 10.0 Å². The Labute approximate surface area is 181 Å². The van der Waals surface area contributed by atoms with Crippen LogP contribution in [0.15, 0.2) is 80.4 Å². The van der Waals surface area contributed by atoms with Gasteiger partial charge in [-0.3, -0.25) is 4.79 Å². The summed E-state index contributed by atoms with van der Waals surface area (Å²) in [7, 11) is 3.02. The Morgan fingerprint density at radius 3 is 2.43 bits per heavy atom. The summed E-state index contributed by atoms with van der Waals surface area (Å²) in [6.45, 7) is 0.416. The molecule has 0 saturated carbocycles. The molecule has 152 valence electrons. The van der Waals surface area contributed by atoms with Crippen molar-refractivity contribution in [3.05, 3.63) is 87.0 Å². The molecule has 0 N–H and O–H groups in total. The first-order valence-electron chi connectivity index (χ1n) is 9.26. The fourth-order valence-corrected chi connectivity index (χ4v) is 3.55. The lowest BCUT2D eigenvalue weighted by molar-refractivity contribution is 0.284. The molecule has 6 heteroatoms. The summed E-state index contributed by atoms with van der Waals surface area (Å²) in [6, 6.07) is 20.5. The zero-order valence-electron chi connectivity index (χ0n) is 16.5. The van der Waals surface area contributed by atoms with Crippen LogP contribution in [0, 0.1) is 0 Å². The van der Waals surface area contributed by atoms with E-state index in [0.717, 1.165) is 10.0 Å². The van der Waals surface area contributed by atoms with Gasteiger partial charge in [-0.05, 0) is 42.0 Å². The van der Waals surface area contributed by atoms with Crippen molar-refractivity contribution in [2.45, 2.75) is 6.61 Å². The van der Waals surface area contributed by atoms with E-state index in [4.69, 9.17) is 18.6 Å². The van der Waals surface area contributed by atoms with Crippen LogP contribution in [0.3, 0.4) is 0 Å². The average Bonchev–Trinajstić information content (AvgIpc) is 2.78. The number of hydrogen-bond acceptors (Lipinski definition) is 5. The molecule has 1 aromatic heterocycles. The Morgan fingerprint density at radius 2 is 1.70 bits per heavy atom. The van der Waals surface area contributed by atoms with Crippen LogP contribution in [0.5, 0.6) is 17.2 Å². The number of benzene rings is 3. The first-order chi connectivity index (χ1) is 14.6. The molecular weight excluding hydrogens is 448 g/mol. The van der Waals surface area contributed by atoms with Crippen LogP contribution in [0.4, 0.5) is 0 Å². The summed E-state index contributed by atoms with van der Waals surface area (Å²) in [5.74, 6) is 1.60. The molecule has 0 amide bonds. The number of ether oxygens (including phenoxy) is 3. The molecule has 4 rings (SSSR count). The minimum absolute atomic E-state index is 0.139. The van der Waals surface area contributed by atoms with Crippen LogP contribution < -0.4 is 19.6 Å². The van der Waals surface area contributed by atoms with Crippen molar-refractivity contribution in [2.24, 2.45) is 0 Å². The molecule has 0 aliphatic heterocycles. The predicted octanol–water partition coefficient (Wildman–Crippen LogP) is 5.82. The fourth-order valence-electron chi connectivity index (χ4n) is 3.19. The number of rotatable bonds is 6. The zero-order chi connectivity index (χ0) is 21.1. The Kier molecular flexibility index (Phi) is 5.77. The SMILES string of the molecule is COc1cc(-c2oc3ccc(Br)cc3c(=O)c2OC)ccc1OCc1ccccc1. The van der Waals surface area contributed by atoms with Gasteiger partial charge < -0.3 is 18.6 Å². The lowest BCUT2D eigenvalue weighted by atomic mass is 10.1. The van der Waals surface area contributed by atoms with Crippen molar-refractivity contribution in [3.63, 3.8) is 0 Å². The Morgan fingerprint density at radius 1 is 0.900 bits per heavy atom. The van der Waals surface area contributed by atoms with Crippen LogP contribution in [0.25, 0.3) is 22.3 Å². The average molecular weight is 467 g/mol. The fraction of sp³-hybridized carbons (Fsp3) is 0.125. The Balaban J connectivity index is 1.74. The standard InChI is InChI=1S/C24H19BrO5/c1-27-21-12-16(8-10-20(21)29-14-15-6-4-3-5-7-15)23-24(28-2)22(26)18-13-17(25)9-11-19(18)30-23/h3-13H,14H2,1-2H3. The highest BCUT2D eigenvalue weighted by Crippen LogP contribution is 2.37. The largest absolute Gasteiger partial charge is 0.493 e. The van der Waals surface area contributed by atoms with Crippen molar-refractivity contribution in [1.82, 2.24) is 0 Å². The lowest BCUT2D eigenvalue weighted by Crippen LogP contribution is -2.07. The number of halogens is 1. The third-order valence-electron chi connectivity index (χ3n) is 4.68. The monoisotopic (exact) mass is 466 g/mol. The van der Waals surface area contributed by atoms with E-state index in [-0.39, 0.29) is 11.2 Å². The zero-order valence-corrected chi connectivity index (χ0v) is 18.1. The van der Waals surface area contributed by atoms with Gasteiger partial charge in [-0.15, -0.1) is 0 Å². The highest BCUT2D eigenvalue weighted by Gasteiger charge is 2.19. The van der Waals surface area contributed by atoms with Gasteiger partial charge in [0.2, 0.25) is 11.2 Å². The van der Waals surface area contributed by atoms with Crippen LogP contribution in [-0.4, -0.2) is 14.2 Å². The van der Waals surface area contributed by atoms with Crippen molar-refractivity contribution in [3.8, 4) is 28.6 Å². The van der Waals surface area contributed by atoms with Crippen LogP contribution >= 0.6 is 15.9 Å². The maximum Gasteiger partial charge on any atom is 0.235 e. The van der Waals surface area contributed by atoms with Crippen LogP contribution in [0.1, 0.15) is 5.56 Å². The summed E-state index contributed by atoms with van der Waals surface area (Å²) in [5, 5.41) is 0.444. The highest BCUT2D eigenvalue weighted by molar-refractivity contribution is 9.10. The molecule has 30 heavy (non-hydrogen) atoms. The van der Waals surface area contributed by atoms with E-state index in [1.54, 1.807) is 31.4 Å². The van der Waals surface area contributed by atoms with E-state index in [1.807, 2.05) is 42.5 Å². The molecule has 0 aliphatic carbocycles. The van der Waals surface area contributed by atoms with Gasteiger partial charge in [0.15, 0.2) is 17.3 Å². The molecule has 4 aromatic rings. The molecule has 0 spiro atoms. The summed E-state index contributed by atoms with van der Waals surface area (Å²) in [6.07, 6.45) is 0. The third kappa shape index (κ3) is 3.91. The molecule has 0 radical (unpaired) electrons. The van der Waals surface area contributed by atoms with Crippen LogP contribution in [-0.2, 0) is 6.61 Å². The smallest absolute Gasteiger partial charge is 0.235 e. The van der Waals surface area contributed by atoms with Gasteiger partial charge in [-0.25, -0.2) is 0 Å². The molecule has 1 heterocycles. The normalized spacial score (nSPS) is 10.8. The second-order valence-electron chi connectivity index (χ2n) is 6.57. The van der Waals surface area contributed by atoms with E-state index in [2.05, 4.69) is 15.9 Å². The second-order valence-corrected chi connectivity index (χ2v) is 7.49. The summed E-state index contributed by atoms with van der Waals surface area (Å²) < 4.78 is 23.6. The maximum absolute atomic E-state index is 12.9. The molecule has 5 nitrogen and oxygen atoms in total. The van der Waals surface area contributed by atoms with Crippen molar-refractivity contribution in [2.75, 3.05) is 14.2 Å². The molecule has 0 aliphatic rings. The van der Waals surface area contributed by atoms with E-state index < -0.39 is 0 Å². The second kappa shape index (κ2) is 8.63. The quantitative estimate of drug-likeness (QED) is 0.358. The summed E-state index contributed by atoms with van der Waals surface area (Å²) >= 11 is 3.38. The summed E-state index contributed by atoms with van der Waals surface area (Å²) in [5.41, 5.74) is 1.94. The predicted molar refractivity (Wildman–Crippen MR) is 119 cm³/mol. The molecule has 0 saturated heterocycles. The Bertz CT molecular complexity index is 1250. The van der Waals surface area contributed by atoms with Gasteiger partial charge in [-0.1, -0.05) is 46.3 Å². The van der Waals surface area contributed by atoms with Crippen molar-refractivity contribution < 1.29 is 18.6 Å². The minimum atomic E-state index is -0.238. The highest BCUT2D eigenvalue weighted by atomic mass is 79.9. The van der Waals surface area contributed by atoms with Crippen LogP contribution in [0.2, 0.25) is 0 Å². The summed E-state index contributed by atoms with van der Waals surface area (Å²) in [4.78, 5) is 12.9. The van der Waals surface area contributed by atoms with Gasteiger partial charge in [-0.2, -0.15) is 0 Å².